The predicted molar refractivity (Wildman–Crippen MR) is 76.9 cm³/mol. The molecule has 0 unspecified atom stereocenters. The first kappa shape index (κ1) is 16.8. The summed E-state index contributed by atoms with van der Waals surface area (Å²) < 4.78 is 0. The fraction of sp³-hybridized carbons (Fsp3) is 0.467. The molecule has 21 heavy (non-hydrogen) atoms. The molecule has 6 heteroatoms. The second-order valence-electron chi connectivity index (χ2n) is 5.41. The molecule has 0 radical (unpaired) electrons. The van der Waals surface area contributed by atoms with Crippen molar-refractivity contribution in [2.24, 2.45) is 0 Å². The molecule has 0 saturated carbocycles. The molecule has 0 N–H and O–H groups in total. The lowest BCUT2D eigenvalue weighted by Gasteiger charge is -2.18. The summed E-state index contributed by atoms with van der Waals surface area (Å²) in [5.74, 6) is -0.771. The van der Waals surface area contributed by atoms with Crippen LogP contribution in [-0.2, 0) is 19.2 Å². The minimum absolute atomic E-state index is 0.0324. The van der Waals surface area contributed by atoms with Crippen LogP contribution in [0.3, 0.4) is 0 Å². The molecule has 0 aliphatic carbocycles. The Hall–Kier alpha value is -2.24. The van der Waals surface area contributed by atoms with Gasteiger partial charge in [0.25, 0.3) is 23.6 Å². The number of imide groups is 2. The van der Waals surface area contributed by atoms with Crippen molar-refractivity contribution in [3.8, 4) is 0 Å². The zero-order chi connectivity index (χ0) is 16.3. The largest absolute Gasteiger partial charge is 0.273 e. The van der Waals surface area contributed by atoms with Crippen molar-refractivity contribution in [3.63, 3.8) is 0 Å². The van der Waals surface area contributed by atoms with Crippen LogP contribution in [0.15, 0.2) is 23.8 Å². The maximum absolute atomic E-state index is 11.2. The van der Waals surface area contributed by atoms with E-state index < -0.39 is 0 Å². The molecule has 4 amide bonds. The summed E-state index contributed by atoms with van der Waals surface area (Å²) in [5.41, 5.74) is 0.531. The van der Waals surface area contributed by atoms with Crippen LogP contribution in [0, 0.1) is 0 Å². The first-order valence-corrected chi connectivity index (χ1v) is 6.77. The van der Waals surface area contributed by atoms with Gasteiger partial charge in [0, 0.05) is 35.9 Å². The van der Waals surface area contributed by atoms with Gasteiger partial charge in [0.2, 0.25) is 0 Å². The van der Waals surface area contributed by atoms with Gasteiger partial charge in [-0.15, -0.1) is 0 Å². The summed E-state index contributed by atoms with van der Waals surface area (Å²) in [5, 5.41) is 0. The highest BCUT2D eigenvalue weighted by Gasteiger charge is 2.30. The van der Waals surface area contributed by atoms with E-state index in [1.807, 2.05) is 27.7 Å². The van der Waals surface area contributed by atoms with Crippen LogP contribution < -0.4 is 0 Å². The average Bonchev–Trinajstić information content (AvgIpc) is 2.80. The van der Waals surface area contributed by atoms with Crippen LogP contribution in [0.25, 0.3) is 0 Å². The molecule has 0 aromatic carbocycles. The van der Waals surface area contributed by atoms with Gasteiger partial charge in [-0.2, -0.15) is 0 Å². The molecule has 0 spiro atoms. The lowest BCUT2D eigenvalue weighted by Crippen LogP contribution is -2.36. The molecule has 0 aromatic heterocycles. The normalized spacial score (nSPS) is 18.0. The standard InChI is InChI=1S/C8H11NO2.C7H9NO2/c1-5(2)9-7(10)4-6(3)8(9)11;1-5(2)8-6(9)3-4-7(8)10/h4-5H,1-3H3;3-5H,1-2H3. The van der Waals surface area contributed by atoms with Crippen LogP contribution in [0.4, 0.5) is 0 Å². The van der Waals surface area contributed by atoms with Crippen LogP contribution in [0.1, 0.15) is 34.6 Å². The molecular formula is C15H20N2O4. The third kappa shape index (κ3) is 3.65. The van der Waals surface area contributed by atoms with E-state index in [0.717, 1.165) is 0 Å². The van der Waals surface area contributed by atoms with Crippen molar-refractivity contribution in [2.45, 2.75) is 46.7 Å². The number of carbonyl (C=O) groups is 4. The molecule has 114 valence electrons. The number of nitrogens with zero attached hydrogens (tertiary/aromatic N) is 2. The topological polar surface area (TPSA) is 74.8 Å². The van der Waals surface area contributed by atoms with Crippen molar-refractivity contribution in [1.82, 2.24) is 9.80 Å². The Labute approximate surface area is 124 Å². The van der Waals surface area contributed by atoms with E-state index in [2.05, 4.69) is 0 Å². The van der Waals surface area contributed by atoms with Gasteiger partial charge in [-0.05, 0) is 34.6 Å². The minimum atomic E-state index is -0.208. The molecule has 6 nitrogen and oxygen atoms in total. The lowest BCUT2D eigenvalue weighted by atomic mass is 10.3. The van der Waals surface area contributed by atoms with Crippen LogP contribution in [0.2, 0.25) is 0 Å². The molecular weight excluding hydrogens is 272 g/mol. The molecule has 0 aromatic rings. The van der Waals surface area contributed by atoms with E-state index in [-0.39, 0.29) is 35.7 Å². The first-order chi connectivity index (χ1) is 9.66. The van der Waals surface area contributed by atoms with Gasteiger partial charge in [0.15, 0.2) is 0 Å². The van der Waals surface area contributed by atoms with Crippen molar-refractivity contribution < 1.29 is 19.2 Å². The third-order valence-corrected chi connectivity index (χ3v) is 3.01. The Bertz CT molecular complexity index is 526. The summed E-state index contributed by atoms with van der Waals surface area (Å²) >= 11 is 0. The number of hydrogen-bond acceptors (Lipinski definition) is 4. The van der Waals surface area contributed by atoms with Gasteiger partial charge in [-0.3, -0.25) is 29.0 Å². The molecule has 2 aliphatic rings. The average molecular weight is 292 g/mol. The van der Waals surface area contributed by atoms with Gasteiger partial charge in [-0.25, -0.2) is 0 Å². The summed E-state index contributed by atoms with van der Waals surface area (Å²) in [6.07, 6.45) is 3.97. The minimum Gasteiger partial charge on any atom is -0.273 e. The third-order valence-electron chi connectivity index (χ3n) is 3.01. The van der Waals surface area contributed by atoms with Crippen molar-refractivity contribution in [2.75, 3.05) is 0 Å². The van der Waals surface area contributed by atoms with Gasteiger partial charge < -0.3 is 0 Å². The highest BCUT2D eigenvalue weighted by Crippen LogP contribution is 2.14. The molecule has 2 rings (SSSR count). The fourth-order valence-corrected chi connectivity index (χ4v) is 2.02. The maximum Gasteiger partial charge on any atom is 0.256 e. The van der Waals surface area contributed by atoms with Crippen LogP contribution in [0.5, 0.6) is 0 Å². The molecule has 0 saturated heterocycles. The Morgan fingerprint density at radius 3 is 1.38 bits per heavy atom. The van der Waals surface area contributed by atoms with E-state index >= 15 is 0 Å². The van der Waals surface area contributed by atoms with Crippen LogP contribution >= 0.6 is 0 Å². The Balaban J connectivity index is 0.000000211. The number of carbonyl (C=O) groups excluding carboxylic acids is 4. The summed E-state index contributed by atoms with van der Waals surface area (Å²) in [6, 6.07) is -0.0706. The molecule has 0 fully saturated rings. The van der Waals surface area contributed by atoms with E-state index in [1.54, 1.807) is 6.92 Å². The SMILES string of the molecule is CC(C)N1C(=O)C=CC1=O.CC1=CC(=O)N(C(C)C)C1=O. The van der Waals surface area contributed by atoms with Crippen molar-refractivity contribution in [1.29, 1.82) is 0 Å². The Kier molecular flexibility index (Phi) is 5.18. The monoisotopic (exact) mass is 292 g/mol. The zero-order valence-electron chi connectivity index (χ0n) is 12.9. The zero-order valence-corrected chi connectivity index (χ0v) is 12.9. The van der Waals surface area contributed by atoms with Crippen molar-refractivity contribution in [3.05, 3.63) is 23.8 Å². The van der Waals surface area contributed by atoms with Gasteiger partial charge in [-0.1, -0.05) is 0 Å². The number of rotatable bonds is 2. The fourth-order valence-electron chi connectivity index (χ4n) is 2.02. The van der Waals surface area contributed by atoms with E-state index in [9.17, 15) is 19.2 Å². The first-order valence-electron chi connectivity index (χ1n) is 6.77. The summed E-state index contributed by atoms with van der Waals surface area (Å²) in [6.45, 7) is 8.92. The molecule has 2 heterocycles. The Morgan fingerprint density at radius 2 is 1.19 bits per heavy atom. The van der Waals surface area contributed by atoms with Crippen molar-refractivity contribution >= 4 is 23.6 Å². The highest BCUT2D eigenvalue weighted by atomic mass is 16.2. The van der Waals surface area contributed by atoms with E-state index in [4.69, 9.17) is 0 Å². The quantitative estimate of drug-likeness (QED) is 0.712. The van der Waals surface area contributed by atoms with Gasteiger partial charge >= 0.3 is 0 Å². The molecule has 0 bridgehead atoms. The predicted octanol–water partition coefficient (Wildman–Crippen LogP) is 1.03. The summed E-state index contributed by atoms with van der Waals surface area (Å²) in [7, 11) is 0. The molecule has 2 aliphatic heterocycles. The van der Waals surface area contributed by atoms with Gasteiger partial charge in [0.1, 0.15) is 0 Å². The van der Waals surface area contributed by atoms with E-state index in [0.29, 0.717) is 5.57 Å². The summed E-state index contributed by atoms with van der Waals surface area (Å²) in [4.78, 5) is 46.4. The van der Waals surface area contributed by atoms with E-state index in [1.165, 1.54) is 28.0 Å². The number of amides is 4. The van der Waals surface area contributed by atoms with Gasteiger partial charge in [0.05, 0.1) is 0 Å². The lowest BCUT2D eigenvalue weighted by molar-refractivity contribution is -0.140. The second kappa shape index (κ2) is 6.47. The second-order valence-corrected chi connectivity index (χ2v) is 5.41. The smallest absolute Gasteiger partial charge is 0.256 e. The van der Waals surface area contributed by atoms with Crippen LogP contribution in [-0.4, -0.2) is 45.5 Å². The highest BCUT2D eigenvalue weighted by molar-refractivity contribution is 6.16. The molecule has 0 atom stereocenters. The Morgan fingerprint density at radius 1 is 0.762 bits per heavy atom. The number of hydrogen-bond donors (Lipinski definition) is 0. The maximum atomic E-state index is 11.2.